The molecule has 0 radical (unpaired) electrons. The van der Waals surface area contributed by atoms with Crippen molar-refractivity contribution in [1.29, 1.82) is 0 Å². The fraction of sp³-hybridized carbons (Fsp3) is 0.381. The number of carbonyl (C=O) groups is 2. The van der Waals surface area contributed by atoms with Gasteiger partial charge in [0, 0.05) is 23.9 Å². The Kier molecular flexibility index (Phi) is 10.7. The summed E-state index contributed by atoms with van der Waals surface area (Å²) in [5, 5.41) is 9.06. The molecule has 1 saturated heterocycles. The van der Waals surface area contributed by atoms with Crippen molar-refractivity contribution in [3.05, 3.63) is 54.2 Å². The molecular weight excluding hydrogens is 411 g/mol. The zero-order valence-corrected chi connectivity index (χ0v) is 18.0. The Hall–Kier alpha value is -2.15. The van der Waals surface area contributed by atoms with Gasteiger partial charge in [-0.1, -0.05) is 19.1 Å². The lowest BCUT2D eigenvalue weighted by molar-refractivity contribution is -0.117. The lowest BCUT2D eigenvalue weighted by Gasteiger charge is -2.28. The Morgan fingerprint density at radius 3 is 2.69 bits per heavy atom. The van der Waals surface area contributed by atoms with Crippen molar-refractivity contribution in [3.8, 4) is 0 Å². The van der Waals surface area contributed by atoms with Crippen LogP contribution in [-0.2, 0) is 4.79 Å². The third-order valence-electron chi connectivity index (χ3n) is 4.96. The highest BCUT2D eigenvalue weighted by molar-refractivity contribution is 6.04. The van der Waals surface area contributed by atoms with Crippen LogP contribution >= 0.6 is 24.8 Å². The summed E-state index contributed by atoms with van der Waals surface area (Å²) in [5.74, 6) is 1.09. The summed E-state index contributed by atoms with van der Waals surface area (Å²) in [6.07, 6.45) is 4.45. The molecule has 2 amide bonds. The number of nitrogens with zero attached hydrogens (tertiary/aromatic N) is 1. The molecule has 1 fully saturated rings. The highest BCUT2D eigenvalue weighted by atomic mass is 35.5. The number of benzene rings is 1. The van der Waals surface area contributed by atoms with Crippen molar-refractivity contribution in [3.63, 3.8) is 0 Å². The summed E-state index contributed by atoms with van der Waals surface area (Å²) >= 11 is 0. The minimum Gasteiger partial charge on any atom is -0.326 e. The lowest BCUT2D eigenvalue weighted by atomic mass is 9.85. The van der Waals surface area contributed by atoms with Gasteiger partial charge < -0.3 is 16.0 Å². The van der Waals surface area contributed by atoms with Crippen LogP contribution in [0.15, 0.2) is 48.7 Å². The molecule has 1 aliphatic heterocycles. The van der Waals surface area contributed by atoms with Crippen molar-refractivity contribution >= 4 is 48.1 Å². The second-order valence-electron chi connectivity index (χ2n) is 7.09. The smallest absolute Gasteiger partial charge is 0.256 e. The van der Waals surface area contributed by atoms with E-state index in [-0.39, 0.29) is 36.6 Å². The molecule has 1 aliphatic rings. The number of hydrogen-bond acceptors (Lipinski definition) is 4. The first-order chi connectivity index (χ1) is 13.1. The van der Waals surface area contributed by atoms with Crippen molar-refractivity contribution < 1.29 is 9.59 Å². The van der Waals surface area contributed by atoms with E-state index in [9.17, 15) is 9.59 Å². The molecule has 3 rings (SSSR count). The average molecular weight is 439 g/mol. The van der Waals surface area contributed by atoms with E-state index in [1.54, 1.807) is 42.6 Å². The third-order valence-corrected chi connectivity index (χ3v) is 4.96. The number of aromatic nitrogens is 1. The number of piperidine rings is 1. The molecule has 29 heavy (non-hydrogen) atoms. The topological polar surface area (TPSA) is 83.1 Å². The fourth-order valence-electron chi connectivity index (χ4n) is 3.40. The summed E-state index contributed by atoms with van der Waals surface area (Å²) in [7, 11) is 0. The van der Waals surface area contributed by atoms with Crippen molar-refractivity contribution in [2.24, 2.45) is 11.8 Å². The zero-order valence-electron chi connectivity index (χ0n) is 16.4. The molecule has 2 aromatic rings. The van der Waals surface area contributed by atoms with Gasteiger partial charge >= 0.3 is 0 Å². The predicted octanol–water partition coefficient (Wildman–Crippen LogP) is 4.14. The average Bonchev–Trinajstić information content (AvgIpc) is 2.69. The Morgan fingerprint density at radius 2 is 2.00 bits per heavy atom. The van der Waals surface area contributed by atoms with E-state index in [0.717, 1.165) is 13.1 Å². The number of anilines is 2. The summed E-state index contributed by atoms with van der Waals surface area (Å²) in [6.45, 7) is 4.19. The van der Waals surface area contributed by atoms with Gasteiger partial charge in [0.1, 0.15) is 5.82 Å². The summed E-state index contributed by atoms with van der Waals surface area (Å²) in [6, 6.07) is 12.3. The Morgan fingerprint density at radius 1 is 1.17 bits per heavy atom. The maximum absolute atomic E-state index is 12.4. The van der Waals surface area contributed by atoms with Gasteiger partial charge in [-0.25, -0.2) is 4.98 Å². The second-order valence-corrected chi connectivity index (χ2v) is 7.09. The predicted molar refractivity (Wildman–Crippen MR) is 121 cm³/mol. The number of pyridine rings is 1. The zero-order chi connectivity index (χ0) is 19.1. The van der Waals surface area contributed by atoms with Gasteiger partial charge in [-0.05, 0) is 68.1 Å². The molecule has 0 aliphatic carbocycles. The van der Waals surface area contributed by atoms with Gasteiger partial charge in [-0.3, -0.25) is 9.59 Å². The van der Waals surface area contributed by atoms with E-state index in [2.05, 4.69) is 27.9 Å². The van der Waals surface area contributed by atoms with E-state index in [1.807, 2.05) is 6.07 Å². The molecule has 0 spiro atoms. The maximum Gasteiger partial charge on any atom is 0.256 e. The molecule has 8 heteroatoms. The first-order valence-electron chi connectivity index (χ1n) is 9.45. The summed E-state index contributed by atoms with van der Waals surface area (Å²) < 4.78 is 0. The first kappa shape index (κ1) is 24.9. The molecule has 2 heterocycles. The molecule has 2 unspecified atom stereocenters. The summed E-state index contributed by atoms with van der Waals surface area (Å²) in [5.41, 5.74) is 1.10. The van der Waals surface area contributed by atoms with Crippen LogP contribution in [0.25, 0.3) is 0 Å². The standard InChI is InChI=1S/C21H26N4O2.2ClH/c1-15(17-7-5-10-22-14-17)12-20(26)24-18-8-4-6-16(13-18)21(27)25-19-9-2-3-11-23-19;;/h2-4,6,8-9,11,13,15,17,22H,5,7,10,12,14H2,1H3,(H,24,26)(H,23,25,27);2*1H. The number of hydrogen-bond donors (Lipinski definition) is 3. The van der Waals surface area contributed by atoms with Gasteiger partial charge in [0.2, 0.25) is 5.91 Å². The number of rotatable bonds is 6. The number of amides is 2. The molecule has 1 aromatic carbocycles. The molecule has 3 N–H and O–H groups in total. The van der Waals surface area contributed by atoms with Crippen LogP contribution in [0.1, 0.15) is 36.5 Å². The number of halogens is 2. The van der Waals surface area contributed by atoms with E-state index >= 15 is 0 Å². The molecule has 0 bridgehead atoms. The molecule has 2 atom stereocenters. The molecule has 1 aromatic heterocycles. The monoisotopic (exact) mass is 438 g/mol. The van der Waals surface area contributed by atoms with Crippen LogP contribution in [-0.4, -0.2) is 29.9 Å². The minimum absolute atomic E-state index is 0. The highest BCUT2D eigenvalue weighted by Gasteiger charge is 2.22. The van der Waals surface area contributed by atoms with Crippen LogP contribution < -0.4 is 16.0 Å². The van der Waals surface area contributed by atoms with Crippen molar-refractivity contribution in [2.45, 2.75) is 26.2 Å². The molecule has 158 valence electrons. The first-order valence-corrected chi connectivity index (χ1v) is 9.45. The van der Waals surface area contributed by atoms with E-state index < -0.39 is 0 Å². The van der Waals surface area contributed by atoms with Crippen LogP contribution in [0.4, 0.5) is 11.5 Å². The van der Waals surface area contributed by atoms with Crippen molar-refractivity contribution in [1.82, 2.24) is 10.3 Å². The van der Waals surface area contributed by atoms with Gasteiger partial charge in [0.15, 0.2) is 0 Å². The highest BCUT2D eigenvalue weighted by Crippen LogP contribution is 2.23. The van der Waals surface area contributed by atoms with Gasteiger partial charge in [0.05, 0.1) is 0 Å². The molecule has 6 nitrogen and oxygen atoms in total. The van der Waals surface area contributed by atoms with Gasteiger partial charge in [-0.2, -0.15) is 0 Å². The Balaban J connectivity index is 0.00000210. The molecule has 0 saturated carbocycles. The van der Waals surface area contributed by atoms with E-state index in [4.69, 9.17) is 0 Å². The van der Waals surface area contributed by atoms with E-state index in [1.165, 1.54) is 12.8 Å². The van der Waals surface area contributed by atoms with E-state index in [0.29, 0.717) is 35.3 Å². The van der Waals surface area contributed by atoms with Crippen LogP contribution in [0.2, 0.25) is 0 Å². The minimum atomic E-state index is -0.258. The summed E-state index contributed by atoms with van der Waals surface area (Å²) in [4.78, 5) is 28.8. The van der Waals surface area contributed by atoms with Crippen molar-refractivity contribution in [2.75, 3.05) is 23.7 Å². The number of carbonyl (C=O) groups excluding carboxylic acids is 2. The fourth-order valence-corrected chi connectivity index (χ4v) is 3.40. The Bertz CT molecular complexity index is 783. The van der Waals surface area contributed by atoms with Gasteiger partial charge in [0.25, 0.3) is 5.91 Å². The lowest BCUT2D eigenvalue weighted by Crippen LogP contribution is -2.34. The second kappa shape index (κ2) is 12.4. The van der Waals surface area contributed by atoms with Crippen LogP contribution in [0, 0.1) is 11.8 Å². The SMILES string of the molecule is CC(CC(=O)Nc1cccc(C(=O)Nc2ccccn2)c1)C1CCCNC1.Cl.Cl. The third kappa shape index (κ3) is 7.65. The van der Waals surface area contributed by atoms with Crippen LogP contribution in [0.5, 0.6) is 0 Å². The maximum atomic E-state index is 12.4. The quantitative estimate of drug-likeness (QED) is 0.632. The van der Waals surface area contributed by atoms with Gasteiger partial charge in [-0.15, -0.1) is 24.8 Å². The normalized spacial score (nSPS) is 16.5. The largest absolute Gasteiger partial charge is 0.326 e. The molecular formula is C21H28Cl2N4O2. The van der Waals surface area contributed by atoms with Crippen LogP contribution in [0.3, 0.4) is 0 Å². The number of nitrogens with one attached hydrogen (secondary N) is 3. The Labute approximate surface area is 184 Å².